The van der Waals surface area contributed by atoms with Crippen LogP contribution in [-0.4, -0.2) is 38.1 Å². The molecule has 124 valence electrons. The molecule has 3 heteroatoms. The number of hydrogen-bond acceptors (Lipinski definition) is 3. The molecule has 0 aliphatic heterocycles. The van der Waals surface area contributed by atoms with Crippen molar-refractivity contribution in [2.24, 2.45) is 11.3 Å². The lowest BCUT2D eigenvalue weighted by Gasteiger charge is -2.28. The fourth-order valence-electron chi connectivity index (χ4n) is 2.84. The number of hydrogen-bond donors (Lipinski definition) is 0. The molecule has 0 amide bonds. The van der Waals surface area contributed by atoms with Gasteiger partial charge in [-0.3, -0.25) is 4.79 Å². The largest absolute Gasteiger partial charge is 0.465 e. The molecule has 1 aromatic rings. The Kier molecular flexibility index (Phi) is 7.60. The van der Waals surface area contributed by atoms with E-state index in [4.69, 9.17) is 4.74 Å². The van der Waals surface area contributed by atoms with Crippen LogP contribution in [0.15, 0.2) is 30.3 Å². The van der Waals surface area contributed by atoms with Crippen molar-refractivity contribution >= 4 is 5.97 Å². The first-order chi connectivity index (χ1) is 10.3. The van der Waals surface area contributed by atoms with Gasteiger partial charge in [0, 0.05) is 12.0 Å². The number of carbonyl (C=O) groups is 1. The molecule has 0 aromatic heterocycles. The Hall–Kier alpha value is -1.35. The zero-order valence-electron chi connectivity index (χ0n) is 14.8. The minimum absolute atomic E-state index is 0.0251. The third-order valence-corrected chi connectivity index (χ3v) is 3.64. The molecule has 1 aromatic carbocycles. The average molecular weight is 305 g/mol. The summed E-state index contributed by atoms with van der Waals surface area (Å²) in [5, 5.41) is 0. The maximum absolute atomic E-state index is 12.4. The van der Waals surface area contributed by atoms with Gasteiger partial charge in [0.05, 0.1) is 12.5 Å². The number of rotatable bonds is 9. The quantitative estimate of drug-likeness (QED) is 0.650. The molecule has 0 spiro atoms. The van der Waals surface area contributed by atoms with Crippen LogP contribution >= 0.6 is 0 Å². The molecular formula is C19H31NO2. The minimum atomic E-state index is -0.0578. The van der Waals surface area contributed by atoms with Crippen LogP contribution in [0, 0.1) is 11.3 Å². The Morgan fingerprint density at radius 1 is 1.23 bits per heavy atom. The second kappa shape index (κ2) is 8.94. The van der Waals surface area contributed by atoms with Crippen LogP contribution < -0.4 is 0 Å². The molecule has 3 nitrogen and oxygen atoms in total. The number of esters is 1. The summed E-state index contributed by atoms with van der Waals surface area (Å²) in [4.78, 5) is 14.6. The molecule has 1 atom stereocenters. The van der Waals surface area contributed by atoms with Crippen LogP contribution in [-0.2, 0) is 16.0 Å². The second-order valence-electron chi connectivity index (χ2n) is 7.19. The summed E-state index contributed by atoms with van der Waals surface area (Å²) in [6.45, 7) is 7.75. The predicted octanol–water partition coefficient (Wildman–Crippen LogP) is 3.78. The van der Waals surface area contributed by atoms with Gasteiger partial charge < -0.3 is 9.64 Å². The van der Waals surface area contributed by atoms with Crippen molar-refractivity contribution < 1.29 is 9.53 Å². The predicted molar refractivity (Wildman–Crippen MR) is 91.8 cm³/mol. The first kappa shape index (κ1) is 18.7. The molecule has 0 aliphatic rings. The Labute approximate surface area is 135 Å². The molecule has 0 fully saturated rings. The van der Waals surface area contributed by atoms with Crippen molar-refractivity contribution in [1.82, 2.24) is 4.90 Å². The van der Waals surface area contributed by atoms with Crippen molar-refractivity contribution in [3.8, 4) is 0 Å². The molecule has 0 saturated heterocycles. The number of nitrogens with zero attached hydrogens (tertiary/aromatic N) is 1. The van der Waals surface area contributed by atoms with Gasteiger partial charge in [0.1, 0.15) is 0 Å². The maximum Gasteiger partial charge on any atom is 0.309 e. The van der Waals surface area contributed by atoms with Gasteiger partial charge in [0.2, 0.25) is 0 Å². The SMILES string of the molecule is CCC[C@@H](Cc1ccccc1)C(=O)OCC(C)(C)CN(C)C. The molecule has 0 heterocycles. The van der Waals surface area contributed by atoms with E-state index < -0.39 is 0 Å². The average Bonchev–Trinajstić information content (AvgIpc) is 2.44. The van der Waals surface area contributed by atoms with E-state index in [1.54, 1.807) is 0 Å². The van der Waals surface area contributed by atoms with Crippen molar-refractivity contribution in [3.63, 3.8) is 0 Å². The Morgan fingerprint density at radius 3 is 2.41 bits per heavy atom. The molecular weight excluding hydrogens is 274 g/mol. The van der Waals surface area contributed by atoms with E-state index in [-0.39, 0.29) is 17.3 Å². The summed E-state index contributed by atoms with van der Waals surface area (Å²) >= 11 is 0. The van der Waals surface area contributed by atoms with Crippen LogP contribution in [0.3, 0.4) is 0 Å². The van der Waals surface area contributed by atoms with Gasteiger partial charge >= 0.3 is 5.97 Å². The smallest absolute Gasteiger partial charge is 0.309 e. The third-order valence-electron chi connectivity index (χ3n) is 3.64. The highest BCUT2D eigenvalue weighted by atomic mass is 16.5. The van der Waals surface area contributed by atoms with Crippen LogP contribution in [0.2, 0.25) is 0 Å². The molecule has 1 rings (SSSR count). The van der Waals surface area contributed by atoms with E-state index >= 15 is 0 Å². The van der Waals surface area contributed by atoms with Gasteiger partial charge in [-0.05, 0) is 32.5 Å². The highest BCUT2D eigenvalue weighted by Gasteiger charge is 2.25. The summed E-state index contributed by atoms with van der Waals surface area (Å²) in [5.41, 5.74) is 1.17. The highest BCUT2D eigenvalue weighted by Crippen LogP contribution is 2.20. The number of ether oxygens (including phenoxy) is 1. The first-order valence-electron chi connectivity index (χ1n) is 8.19. The van der Waals surface area contributed by atoms with Crippen LogP contribution in [0.1, 0.15) is 39.2 Å². The van der Waals surface area contributed by atoms with E-state index in [0.717, 1.165) is 25.8 Å². The Morgan fingerprint density at radius 2 is 1.86 bits per heavy atom. The molecule has 0 N–H and O–H groups in total. The van der Waals surface area contributed by atoms with Gasteiger partial charge in [0.15, 0.2) is 0 Å². The van der Waals surface area contributed by atoms with Crippen molar-refractivity contribution in [3.05, 3.63) is 35.9 Å². The lowest BCUT2D eigenvalue weighted by atomic mass is 9.93. The molecule has 0 radical (unpaired) electrons. The molecule has 0 aliphatic carbocycles. The topological polar surface area (TPSA) is 29.5 Å². The third kappa shape index (κ3) is 7.08. The summed E-state index contributed by atoms with van der Waals surface area (Å²) in [7, 11) is 4.08. The first-order valence-corrected chi connectivity index (χ1v) is 8.19. The fraction of sp³-hybridized carbons (Fsp3) is 0.632. The zero-order chi connectivity index (χ0) is 16.6. The molecule has 0 bridgehead atoms. The second-order valence-corrected chi connectivity index (χ2v) is 7.19. The van der Waals surface area contributed by atoms with Gasteiger partial charge in [-0.1, -0.05) is 57.5 Å². The van der Waals surface area contributed by atoms with Crippen molar-refractivity contribution in [2.45, 2.75) is 40.0 Å². The van der Waals surface area contributed by atoms with Gasteiger partial charge in [-0.15, -0.1) is 0 Å². The van der Waals surface area contributed by atoms with Gasteiger partial charge in [-0.25, -0.2) is 0 Å². The zero-order valence-corrected chi connectivity index (χ0v) is 14.8. The van der Waals surface area contributed by atoms with E-state index in [1.807, 2.05) is 32.3 Å². The fourth-order valence-corrected chi connectivity index (χ4v) is 2.84. The van der Waals surface area contributed by atoms with Gasteiger partial charge in [-0.2, -0.15) is 0 Å². The molecule has 0 saturated carbocycles. The highest BCUT2D eigenvalue weighted by molar-refractivity contribution is 5.72. The molecule has 22 heavy (non-hydrogen) atoms. The van der Waals surface area contributed by atoms with Crippen LogP contribution in [0.5, 0.6) is 0 Å². The standard InChI is InChI=1S/C19H31NO2/c1-6-10-17(13-16-11-8-7-9-12-16)18(21)22-15-19(2,3)14-20(4)5/h7-9,11-12,17H,6,10,13-15H2,1-5H3/t17-/m0/s1. The van der Waals surface area contributed by atoms with Crippen molar-refractivity contribution in [1.29, 1.82) is 0 Å². The monoisotopic (exact) mass is 305 g/mol. The number of benzene rings is 1. The van der Waals surface area contributed by atoms with E-state index in [1.165, 1.54) is 5.56 Å². The molecule has 0 unspecified atom stereocenters. The Bertz CT molecular complexity index is 440. The lowest BCUT2D eigenvalue weighted by molar-refractivity contribution is -0.152. The van der Waals surface area contributed by atoms with E-state index in [2.05, 4.69) is 37.8 Å². The Balaban J connectivity index is 2.58. The van der Waals surface area contributed by atoms with Crippen molar-refractivity contribution in [2.75, 3.05) is 27.2 Å². The van der Waals surface area contributed by atoms with E-state index in [0.29, 0.717) is 6.61 Å². The summed E-state index contributed by atoms with van der Waals surface area (Å²) in [6, 6.07) is 10.2. The summed E-state index contributed by atoms with van der Waals surface area (Å²) < 4.78 is 5.63. The van der Waals surface area contributed by atoms with Crippen LogP contribution in [0.25, 0.3) is 0 Å². The normalized spacial score (nSPS) is 13.2. The summed E-state index contributed by atoms with van der Waals surface area (Å²) in [5.74, 6) is -0.0971. The summed E-state index contributed by atoms with van der Waals surface area (Å²) in [6.07, 6.45) is 2.64. The lowest BCUT2D eigenvalue weighted by Crippen LogP contribution is -2.34. The maximum atomic E-state index is 12.4. The minimum Gasteiger partial charge on any atom is -0.465 e. The van der Waals surface area contributed by atoms with Gasteiger partial charge in [0.25, 0.3) is 0 Å². The number of carbonyl (C=O) groups excluding carboxylic acids is 1. The van der Waals surface area contributed by atoms with E-state index in [9.17, 15) is 4.79 Å². The van der Waals surface area contributed by atoms with Crippen LogP contribution in [0.4, 0.5) is 0 Å².